The first-order chi connectivity index (χ1) is 12.0. The summed E-state index contributed by atoms with van der Waals surface area (Å²) in [5.41, 5.74) is 1.94. The highest BCUT2D eigenvalue weighted by Gasteiger charge is 2.40. The minimum Gasteiger partial charge on any atom is -0.507 e. The van der Waals surface area contributed by atoms with Crippen LogP contribution < -0.4 is 0 Å². The van der Waals surface area contributed by atoms with Gasteiger partial charge in [0.15, 0.2) is 0 Å². The number of phenolic OH excluding ortho intramolecular Hbond substituents is 1. The summed E-state index contributed by atoms with van der Waals surface area (Å²) in [4.78, 5) is 0. The van der Waals surface area contributed by atoms with Gasteiger partial charge in [-0.2, -0.15) is 0 Å². The second-order valence-corrected chi connectivity index (χ2v) is 7.29. The van der Waals surface area contributed by atoms with Gasteiger partial charge in [-0.25, -0.2) is 0 Å². The van der Waals surface area contributed by atoms with E-state index in [1.54, 1.807) is 6.07 Å². The van der Waals surface area contributed by atoms with Crippen LogP contribution in [0.4, 0.5) is 0 Å². The molecular formula is C22H28NO2+. The van der Waals surface area contributed by atoms with Crippen molar-refractivity contribution < 1.29 is 14.7 Å². The fraction of sp³-hybridized carbons (Fsp3) is 0.364. The van der Waals surface area contributed by atoms with E-state index in [-0.39, 0.29) is 6.04 Å². The maximum absolute atomic E-state index is 10.7. The van der Waals surface area contributed by atoms with Crippen LogP contribution in [0.5, 0.6) is 5.75 Å². The Bertz CT molecular complexity index is 728. The number of aliphatic hydroxyl groups is 1. The highest BCUT2D eigenvalue weighted by atomic mass is 16.3. The number of hydrogen-bond acceptors (Lipinski definition) is 2. The summed E-state index contributed by atoms with van der Waals surface area (Å²) in [6.45, 7) is 3.08. The quantitative estimate of drug-likeness (QED) is 0.628. The van der Waals surface area contributed by atoms with Crippen molar-refractivity contribution in [1.29, 1.82) is 0 Å². The van der Waals surface area contributed by atoms with Gasteiger partial charge in [0.05, 0.1) is 31.3 Å². The average Bonchev–Trinajstić information content (AvgIpc) is 2.64. The monoisotopic (exact) mass is 338 g/mol. The molecule has 3 heteroatoms. The number of aromatic hydroxyl groups is 1. The number of nitrogens with zero attached hydrogens (tertiary/aromatic N) is 1. The molecule has 2 N–H and O–H groups in total. The van der Waals surface area contributed by atoms with Crippen molar-refractivity contribution in [2.45, 2.75) is 38.0 Å². The van der Waals surface area contributed by atoms with E-state index in [1.807, 2.05) is 48.5 Å². The topological polar surface area (TPSA) is 40.5 Å². The van der Waals surface area contributed by atoms with Crippen molar-refractivity contribution in [3.63, 3.8) is 0 Å². The standard InChI is InChI=1S/C22H27NO2/c1-17(20-13-6-7-14-21(20)24)23(2)15-9-8-12-19(23)16-22(25)18-10-4-3-5-11-18/h3-11,13-14,17,19,22,25H,12,15-16H2,1-2H3/p+1/t17?,19?,22-,23?/m0/s1. The molecule has 2 aromatic carbocycles. The second-order valence-electron chi connectivity index (χ2n) is 7.29. The Morgan fingerprint density at radius 2 is 1.72 bits per heavy atom. The molecule has 25 heavy (non-hydrogen) atoms. The molecular weight excluding hydrogens is 310 g/mol. The maximum atomic E-state index is 10.7. The number of para-hydroxylation sites is 1. The summed E-state index contributed by atoms with van der Waals surface area (Å²) in [6, 6.07) is 17.9. The molecule has 2 aromatic rings. The van der Waals surface area contributed by atoms with Crippen molar-refractivity contribution in [3.05, 3.63) is 77.9 Å². The average molecular weight is 338 g/mol. The van der Waals surface area contributed by atoms with Gasteiger partial charge >= 0.3 is 0 Å². The highest BCUT2D eigenvalue weighted by molar-refractivity contribution is 5.33. The predicted octanol–water partition coefficient (Wildman–Crippen LogP) is 4.35. The number of hydrogen-bond donors (Lipinski definition) is 2. The van der Waals surface area contributed by atoms with Crippen molar-refractivity contribution in [3.8, 4) is 5.75 Å². The molecule has 0 bridgehead atoms. The fourth-order valence-corrected chi connectivity index (χ4v) is 3.98. The first-order valence-corrected chi connectivity index (χ1v) is 9.03. The van der Waals surface area contributed by atoms with Crippen LogP contribution in [0.15, 0.2) is 66.7 Å². The Hall–Kier alpha value is -2.10. The Labute approximate surface area is 150 Å². The van der Waals surface area contributed by atoms with E-state index < -0.39 is 6.10 Å². The van der Waals surface area contributed by atoms with E-state index >= 15 is 0 Å². The lowest BCUT2D eigenvalue weighted by atomic mass is 9.91. The van der Waals surface area contributed by atoms with Crippen LogP contribution in [0.2, 0.25) is 0 Å². The van der Waals surface area contributed by atoms with Gasteiger partial charge in [0, 0.05) is 12.8 Å². The largest absolute Gasteiger partial charge is 0.507 e. The first kappa shape index (κ1) is 17.7. The summed E-state index contributed by atoms with van der Waals surface area (Å²) in [5, 5.41) is 21.0. The third kappa shape index (κ3) is 3.63. The Balaban J connectivity index is 1.85. The van der Waals surface area contributed by atoms with Crippen LogP contribution >= 0.6 is 0 Å². The highest BCUT2D eigenvalue weighted by Crippen LogP contribution is 2.39. The van der Waals surface area contributed by atoms with Crippen molar-refractivity contribution in [1.82, 2.24) is 0 Å². The zero-order chi connectivity index (χ0) is 17.9. The smallest absolute Gasteiger partial charge is 0.124 e. The molecule has 1 heterocycles. The summed E-state index contributed by atoms with van der Waals surface area (Å²) >= 11 is 0. The van der Waals surface area contributed by atoms with E-state index in [2.05, 4.69) is 26.1 Å². The maximum Gasteiger partial charge on any atom is 0.124 e. The predicted molar refractivity (Wildman–Crippen MR) is 101 cm³/mol. The molecule has 0 aliphatic carbocycles. The normalized spacial score (nSPS) is 25.5. The summed E-state index contributed by atoms with van der Waals surface area (Å²) in [5.74, 6) is 0.353. The fourth-order valence-electron chi connectivity index (χ4n) is 3.98. The lowest BCUT2D eigenvalue weighted by molar-refractivity contribution is -0.957. The number of quaternary nitrogens is 1. The summed E-state index contributed by atoms with van der Waals surface area (Å²) < 4.78 is 0.790. The van der Waals surface area contributed by atoms with Gasteiger partial charge in [-0.15, -0.1) is 0 Å². The number of aliphatic hydroxyl groups excluding tert-OH is 1. The van der Waals surface area contributed by atoms with Gasteiger partial charge in [0.25, 0.3) is 0 Å². The number of phenols is 1. The number of benzene rings is 2. The molecule has 3 rings (SSSR count). The summed E-state index contributed by atoms with van der Waals surface area (Å²) in [6.07, 6.45) is 5.63. The van der Waals surface area contributed by atoms with Crippen molar-refractivity contribution in [2.75, 3.05) is 13.6 Å². The minimum absolute atomic E-state index is 0.152. The van der Waals surface area contributed by atoms with Gasteiger partial charge in [0.1, 0.15) is 11.8 Å². The number of likely N-dealkylation sites (N-methyl/N-ethyl adjacent to an activating group) is 1. The molecule has 0 saturated heterocycles. The van der Waals surface area contributed by atoms with Crippen LogP contribution in [0, 0.1) is 0 Å². The lowest BCUT2D eigenvalue weighted by Gasteiger charge is -2.48. The van der Waals surface area contributed by atoms with E-state index in [1.165, 1.54) is 0 Å². The molecule has 0 spiro atoms. The van der Waals surface area contributed by atoms with Crippen LogP contribution in [-0.2, 0) is 0 Å². The molecule has 1 aliphatic heterocycles. The van der Waals surface area contributed by atoms with Crippen LogP contribution in [0.1, 0.15) is 43.0 Å². The number of rotatable bonds is 5. The second kappa shape index (κ2) is 7.42. The molecule has 0 amide bonds. The first-order valence-electron chi connectivity index (χ1n) is 9.03. The summed E-state index contributed by atoms with van der Waals surface area (Å²) in [7, 11) is 2.24. The van der Waals surface area contributed by atoms with Crippen LogP contribution in [0.3, 0.4) is 0 Å². The van der Waals surface area contributed by atoms with Crippen molar-refractivity contribution in [2.24, 2.45) is 0 Å². The Morgan fingerprint density at radius 1 is 1.04 bits per heavy atom. The minimum atomic E-state index is -0.466. The zero-order valence-corrected chi connectivity index (χ0v) is 15.0. The van der Waals surface area contributed by atoms with E-state index in [0.717, 1.165) is 28.6 Å². The van der Waals surface area contributed by atoms with Crippen LogP contribution in [0.25, 0.3) is 0 Å². The lowest BCUT2D eigenvalue weighted by Crippen LogP contribution is -2.55. The molecule has 0 aromatic heterocycles. The Morgan fingerprint density at radius 3 is 2.44 bits per heavy atom. The SMILES string of the molecule is CC(c1ccccc1O)[N+]1(C)CC=CCC1C[C@H](O)c1ccccc1. The molecule has 0 fully saturated rings. The van der Waals surface area contributed by atoms with Gasteiger partial charge in [-0.3, -0.25) is 0 Å². The third-order valence-corrected chi connectivity index (χ3v) is 5.86. The molecule has 0 saturated carbocycles. The third-order valence-electron chi connectivity index (χ3n) is 5.86. The molecule has 3 nitrogen and oxygen atoms in total. The molecule has 1 aliphatic rings. The van der Waals surface area contributed by atoms with E-state index in [0.29, 0.717) is 18.2 Å². The van der Waals surface area contributed by atoms with E-state index in [9.17, 15) is 10.2 Å². The van der Waals surface area contributed by atoms with Gasteiger partial charge in [-0.05, 0) is 30.7 Å². The van der Waals surface area contributed by atoms with Crippen LogP contribution in [-0.4, -0.2) is 34.3 Å². The van der Waals surface area contributed by atoms with Crippen molar-refractivity contribution >= 4 is 0 Å². The zero-order valence-electron chi connectivity index (χ0n) is 15.0. The van der Waals surface area contributed by atoms with Gasteiger partial charge in [0.2, 0.25) is 0 Å². The Kier molecular flexibility index (Phi) is 5.26. The molecule has 4 atom stereocenters. The molecule has 3 unspecified atom stereocenters. The molecule has 132 valence electrons. The van der Waals surface area contributed by atoms with Gasteiger partial charge < -0.3 is 14.7 Å². The van der Waals surface area contributed by atoms with E-state index in [4.69, 9.17) is 0 Å². The van der Waals surface area contributed by atoms with Gasteiger partial charge in [-0.1, -0.05) is 48.5 Å². The molecule has 0 radical (unpaired) electrons.